The first-order valence-corrected chi connectivity index (χ1v) is 7.92. The van der Waals surface area contributed by atoms with Crippen LogP contribution in [0.4, 0.5) is 11.4 Å². The standard InChI is InChI=1S/C19H16ClN3O2/c1-25-17-11-12(19(24)23-16-7-3-2-6-15(16)21)8-9-13(17)18-14(20)5-4-10-22-18/h2-11H,21H2,1H3,(H,23,24). The first-order chi connectivity index (χ1) is 12.1. The van der Waals surface area contributed by atoms with E-state index in [-0.39, 0.29) is 5.91 Å². The Morgan fingerprint density at radius 3 is 2.68 bits per heavy atom. The third kappa shape index (κ3) is 3.56. The lowest BCUT2D eigenvalue weighted by molar-refractivity contribution is 0.102. The Morgan fingerprint density at radius 1 is 1.16 bits per heavy atom. The number of para-hydroxylation sites is 2. The molecule has 0 aliphatic heterocycles. The van der Waals surface area contributed by atoms with Gasteiger partial charge in [-0.2, -0.15) is 0 Å². The normalized spacial score (nSPS) is 10.3. The molecule has 0 aliphatic carbocycles. The number of nitrogens with two attached hydrogens (primary N) is 1. The van der Waals surface area contributed by atoms with Gasteiger partial charge in [-0.3, -0.25) is 9.78 Å². The molecule has 5 nitrogen and oxygen atoms in total. The molecule has 1 amide bonds. The van der Waals surface area contributed by atoms with Gasteiger partial charge in [-0.15, -0.1) is 0 Å². The number of ether oxygens (including phenoxy) is 1. The van der Waals surface area contributed by atoms with Crippen LogP contribution in [0.25, 0.3) is 11.3 Å². The molecule has 1 heterocycles. The van der Waals surface area contributed by atoms with Gasteiger partial charge in [0, 0.05) is 17.3 Å². The molecule has 0 fully saturated rings. The average Bonchev–Trinajstić information content (AvgIpc) is 2.63. The molecule has 25 heavy (non-hydrogen) atoms. The van der Waals surface area contributed by atoms with Crippen LogP contribution in [0.2, 0.25) is 5.02 Å². The number of amides is 1. The van der Waals surface area contributed by atoms with Crippen molar-refractivity contribution in [3.8, 4) is 17.0 Å². The Hall–Kier alpha value is -3.05. The van der Waals surface area contributed by atoms with Crippen LogP contribution in [0.15, 0.2) is 60.8 Å². The molecule has 0 atom stereocenters. The molecule has 3 rings (SSSR count). The number of benzene rings is 2. The lowest BCUT2D eigenvalue weighted by atomic mass is 10.1. The number of anilines is 2. The monoisotopic (exact) mass is 353 g/mol. The van der Waals surface area contributed by atoms with Gasteiger partial charge in [0.05, 0.1) is 29.2 Å². The van der Waals surface area contributed by atoms with Gasteiger partial charge in [0.1, 0.15) is 5.75 Å². The minimum Gasteiger partial charge on any atom is -0.496 e. The van der Waals surface area contributed by atoms with Crippen molar-refractivity contribution < 1.29 is 9.53 Å². The van der Waals surface area contributed by atoms with Gasteiger partial charge in [0.15, 0.2) is 0 Å². The molecule has 0 bridgehead atoms. The average molecular weight is 354 g/mol. The number of rotatable bonds is 4. The Balaban J connectivity index is 1.93. The van der Waals surface area contributed by atoms with E-state index in [4.69, 9.17) is 22.1 Å². The Bertz CT molecular complexity index is 928. The second kappa shape index (κ2) is 7.23. The van der Waals surface area contributed by atoms with Crippen molar-refractivity contribution in [2.75, 3.05) is 18.2 Å². The van der Waals surface area contributed by atoms with Gasteiger partial charge >= 0.3 is 0 Å². The summed E-state index contributed by atoms with van der Waals surface area (Å²) in [6, 6.07) is 15.7. The molecule has 126 valence electrons. The molecular weight excluding hydrogens is 338 g/mol. The molecule has 0 radical (unpaired) electrons. The van der Waals surface area contributed by atoms with Crippen LogP contribution in [-0.4, -0.2) is 18.0 Å². The maximum absolute atomic E-state index is 12.5. The predicted molar refractivity (Wildman–Crippen MR) is 100 cm³/mol. The molecule has 0 saturated carbocycles. The fourth-order valence-corrected chi connectivity index (χ4v) is 2.64. The van der Waals surface area contributed by atoms with Crippen LogP contribution >= 0.6 is 11.6 Å². The summed E-state index contributed by atoms with van der Waals surface area (Å²) in [5.74, 6) is 0.226. The van der Waals surface area contributed by atoms with E-state index in [1.165, 1.54) is 7.11 Å². The molecule has 3 N–H and O–H groups in total. The van der Waals surface area contributed by atoms with Crippen LogP contribution in [0.1, 0.15) is 10.4 Å². The zero-order chi connectivity index (χ0) is 17.8. The lowest BCUT2D eigenvalue weighted by Crippen LogP contribution is -2.13. The van der Waals surface area contributed by atoms with Crippen molar-refractivity contribution in [2.24, 2.45) is 0 Å². The summed E-state index contributed by atoms with van der Waals surface area (Å²) < 4.78 is 5.42. The van der Waals surface area contributed by atoms with Crippen LogP contribution in [0.3, 0.4) is 0 Å². The maximum Gasteiger partial charge on any atom is 0.255 e. The number of methoxy groups -OCH3 is 1. The summed E-state index contributed by atoms with van der Waals surface area (Å²) in [7, 11) is 1.53. The minimum absolute atomic E-state index is 0.283. The Labute approximate surface area is 150 Å². The van der Waals surface area contributed by atoms with Crippen LogP contribution in [0.5, 0.6) is 5.75 Å². The summed E-state index contributed by atoms with van der Waals surface area (Å²) in [5, 5.41) is 3.30. The predicted octanol–water partition coefficient (Wildman–Crippen LogP) is 4.25. The summed E-state index contributed by atoms with van der Waals surface area (Å²) in [5.41, 5.74) is 8.67. The van der Waals surface area contributed by atoms with Crippen molar-refractivity contribution in [2.45, 2.75) is 0 Å². The van der Waals surface area contributed by atoms with Crippen LogP contribution in [-0.2, 0) is 0 Å². The zero-order valence-corrected chi connectivity index (χ0v) is 14.2. The number of nitrogens with zero attached hydrogens (tertiary/aromatic N) is 1. The highest BCUT2D eigenvalue weighted by Crippen LogP contribution is 2.34. The molecular formula is C19H16ClN3O2. The number of hydrogen-bond donors (Lipinski definition) is 2. The summed E-state index contributed by atoms with van der Waals surface area (Å²) in [4.78, 5) is 16.8. The van der Waals surface area contributed by atoms with Crippen molar-refractivity contribution in [1.82, 2.24) is 4.98 Å². The first-order valence-electron chi connectivity index (χ1n) is 7.55. The van der Waals surface area contributed by atoms with Crippen molar-refractivity contribution in [3.63, 3.8) is 0 Å². The van der Waals surface area contributed by atoms with Crippen molar-refractivity contribution in [3.05, 3.63) is 71.4 Å². The topological polar surface area (TPSA) is 77.2 Å². The van der Waals surface area contributed by atoms with Crippen LogP contribution in [0, 0.1) is 0 Å². The molecule has 0 spiro atoms. The van der Waals surface area contributed by atoms with Gasteiger partial charge in [-0.25, -0.2) is 0 Å². The smallest absolute Gasteiger partial charge is 0.255 e. The third-order valence-corrected chi connectivity index (χ3v) is 3.99. The third-order valence-electron chi connectivity index (χ3n) is 3.69. The number of halogens is 1. The fraction of sp³-hybridized carbons (Fsp3) is 0.0526. The van der Waals surface area contributed by atoms with E-state index in [0.717, 1.165) is 0 Å². The number of nitrogens with one attached hydrogen (secondary N) is 1. The van der Waals surface area contributed by atoms with E-state index in [1.54, 1.807) is 60.8 Å². The highest BCUT2D eigenvalue weighted by Gasteiger charge is 2.15. The van der Waals surface area contributed by atoms with Gasteiger partial charge in [-0.05, 0) is 42.5 Å². The van der Waals surface area contributed by atoms with E-state index in [1.807, 2.05) is 0 Å². The molecule has 3 aromatic rings. The summed E-state index contributed by atoms with van der Waals surface area (Å²) >= 11 is 6.20. The van der Waals surface area contributed by atoms with Gasteiger partial charge in [0.25, 0.3) is 5.91 Å². The van der Waals surface area contributed by atoms with E-state index in [2.05, 4.69) is 10.3 Å². The fourth-order valence-electron chi connectivity index (χ4n) is 2.42. The van der Waals surface area contributed by atoms with Crippen LogP contribution < -0.4 is 15.8 Å². The maximum atomic E-state index is 12.5. The lowest BCUT2D eigenvalue weighted by Gasteiger charge is -2.12. The number of aromatic nitrogens is 1. The molecule has 0 aliphatic rings. The number of carbonyl (C=O) groups is 1. The van der Waals surface area contributed by atoms with E-state index in [9.17, 15) is 4.79 Å². The quantitative estimate of drug-likeness (QED) is 0.687. The van der Waals surface area contributed by atoms with E-state index < -0.39 is 0 Å². The van der Waals surface area contributed by atoms with Gasteiger partial charge in [-0.1, -0.05) is 23.7 Å². The highest BCUT2D eigenvalue weighted by molar-refractivity contribution is 6.33. The zero-order valence-electron chi connectivity index (χ0n) is 13.5. The second-order valence-electron chi connectivity index (χ2n) is 5.29. The first kappa shape index (κ1) is 16.8. The molecule has 6 heteroatoms. The van der Waals surface area contributed by atoms with Crippen molar-refractivity contribution in [1.29, 1.82) is 0 Å². The van der Waals surface area contributed by atoms with Gasteiger partial charge < -0.3 is 15.8 Å². The second-order valence-corrected chi connectivity index (χ2v) is 5.70. The summed E-state index contributed by atoms with van der Waals surface area (Å²) in [6.45, 7) is 0. The molecule has 0 saturated heterocycles. The Kier molecular flexibility index (Phi) is 4.86. The van der Waals surface area contributed by atoms with Crippen molar-refractivity contribution >= 4 is 28.9 Å². The molecule has 2 aromatic carbocycles. The number of nitrogen functional groups attached to an aromatic ring is 1. The number of hydrogen-bond acceptors (Lipinski definition) is 4. The molecule has 0 unspecified atom stereocenters. The number of pyridine rings is 1. The number of carbonyl (C=O) groups excluding carboxylic acids is 1. The highest BCUT2D eigenvalue weighted by atomic mass is 35.5. The minimum atomic E-state index is -0.283. The summed E-state index contributed by atoms with van der Waals surface area (Å²) in [6.07, 6.45) is 1.65. The Morgan fingerprint density at radius 2 is 1.96 bits per heavy atom. The molecule has 1 aromatic heterocycles. The van der Waals surface area contributed by atoms with E-state index >= 15 is 0 Å². The SMILES string of the molecule is COc1cc(C(=O)Nc2ccccc2N)ccc1-c1ncccc1Cl. The largest absolute Gasteiger partial charge is 0.496 e. The van der Waals surface area contributed by atoms with Gasteiger partial charge in [0.2, 0.25) is 0 Å². The van der Waals surface area contributed by atoms with E-state index in [0.29, 0.717) is 39.0 Å².